The monoisotopic (exact) mass is 449 g/mol. The lowest BCUT2D eigenvalue weighted by Gasteiger charge is -2.14. The van der Waals surface area contributed by atoms with E-state index in [4.69, 9.17) is 9.47 Å². The molecule has 3 aromatic rings. The maximum absolute atomic E-state index is 13.0. The molecule has 6 nitrogen and oxygen atoms in total. The second-order valence-electron chi connectivity index (χ2n) is 6.78. The number of carbonyl (C=O) groups is 1. The third-order valence-electron chi connectivity index (χ3n) is 4.67. The van der Waals surface area contributed by atoms with Crippen LogP contribution in [0.1, 0.15) is 10.4 Å². The Morgan fingerprint density at radius 2 is 1.78 bits per heavy atom. The van der Waals surface area contributed by atoms with E-state index in [2.05, 4.69) is 17.9 Å². The summed E-state index contributed by atoms with van der Waals surface area (Å²) in [6, 6.07) is 16.7. The lowest BCUT2D eigenvalue weighted by atomic mass is 10.1. The Balaban J connectivity index is 1.91. The van der Waals surface area contributed by atoms with Crippen LogP contribution in [0.3, 0.4) is 0 Å². The van der Waals surface area contributed by atoms with Crippen LogP contribution >= 0.6 is 0 Å². The SMILES string of the molecule is C=C/C=C(\C=C)COc1ccc(NS(=O)(=O)c2ccc3ccccc3c2)c(C(=O)OC)c1. The quantitative estimate of drug-likeness (QED) is 0.363. The van der Waals surface area contributed by atoms with Crippen LogP contribution in [-0.2, 0) is 14.8 Å². The van der Waals surface area contributed by atoms with Crippen LogP contribution in [0.15, 0.2) is 103 Å². The number of anilines is 1. The van der Waals surface area contributed by atoms with Crippen LogP contribution in [-0.4, -0.2) is 28.1 Å². The van der Waals surface area contributed by atoms with Gasteiger partial charge in [-0.1, -0.05) is 61.7 Å². The molecule has 164 valence electrons. The first-order valence-electron chi connectivity index (χ1n) is 9.69. The van der Waals surface area contributed by atoms with Gasteiger partial charge in [0.15, 0.2) is 0 Å². The number of fused-ring (bicyclic) bond motifs is 1. The minimum Gasteiger partial charge on any atom is -0.489 e. The summed E-state index contributed by atoms with van der Waals surface area (Å²) in [5.41, 5.74) is 0.908. The fraction of sp³-hybridized carbons (Fsp3) is 0.0800. The minimum atomic E-state index is -3.95. The summed E-state index contributed by atoms with van der Waals surface area (Å²) >= 11 is 0. The van der Waals surface area contributed by atoms with Crippen molar-refractivity contribution >= 4 is 32.5 Å². The molecule has 0 spiro atoms. The average Bonchev–Trinajstić information content (AvgIpc) is 2.81. The molecule has 0 fully saturated rings. The van der Waals surface area contributed by atoms with Crippen molar-refractivity contribution in [2.45, 2.75) is 4.90 Å². The van der Waals surface area contributed by atoms with Crippen molar-refractivity contribution in [3.8, 4) is 5.75 Å². The molecule has 0 heterocycles. The molecular weight excluding hydrogens is 426 g/mol. The van der Waals surface area contributed by atoms with E-state index in [0.29, 0.717) is 5.75 Å². The van der Waals surface area contributed by atoms with E-state index >= 15 is 0 Å². The molecule has 0 atom stereocenters. The van der Waals surface area contributed by atoms with Gasteiger partial charge in [0.05, 0.1) is 23.3 Å². The predicted octanol–water partition coefficient (Wildman–Crippen LogP) is 5.10. The number of ether oxygens (including phenoxy) is 2. The number of hydrogen-bond acceptors (Lipinski definition) is 5. The van der Waals surface area contributed by atoms with Gasteiger partial charge in [0, 0.05) is 0 Å². The summed E-state index contributed by atoms with van der Waals surface area (Å²) in [6.07, 6.45) is 5.00. The Morgan fingerprint density at radius 1 is 1.03 bits per heavy atom. The molecule has 1 N–H and O–H groups in total. The molecule has 0 aliphatic carbocycles. The summed E-state index contributed by atoms with van der Waals surface area (Å²) in [5, 5.41) is 1.71. The standard InChI is InChI=1S/C25H23NO5S/c1-4-8-18(5-2)17-31-21-12-14-24(23(16-21)25(27)30-3)26-32(28,29)22-13-11-19-9-6-7-10-20(19)15-22/h4-16,26H,1-2,17H2,3H3/b18-8+. The number of allylic oxidation sites excluding steroid dienone is 2. The zero-order valence-corrected chi connectivity index (χ0v) is 18.4. The van der Waals surface area contributed by atoms with Crippen LogP contribution in [0.2, 0.25) is 0 Å². The summed E-state index contributed by atoms with van der Waals surface area (Å²) in [5.74, 6) is -0.326. The van der Waals surface area contributed by atoms with Crippen molar-refractivity contribution in [1.82, 2.24) is 0 Å². The second-order valence-corrected chi connectivity index (χ2v) is 8.47. The highest BCUT2D eigenvalue weighted by molar-refractivity contribution is 7.92. The van der Waals surface area contributed by atoms with Crippen molar-refractivity contribution in [2.75, 3.05) is 18.4 Å². The number of nitrogens with one attached hydrogen (secondary N) is 1. The van der Waals surface area contributed by atoms with Crippen molar-refractivity contribution in [1.29, 1.82) is 0 Å². The number of methoxy groups -OCH3 is 1. The van der Waals surface area contributed by atoms with E-state index in [0.717, 1.165) is 16.3 Å². The molecule has 0 saturated heterocycles. The van der Waals surface area contributed by atoms with Gasteiger partial charge in [0.25, 0.3) is 10.0 Å². The van der Waals surface area contributed by atoms with Crippen LogP contribution in [0, 0.1) is 0 Å². The molecule has 3 aromatic carbocycles. The van der Waals surface area contributed by atoms with E-state index < -0.39 is 16.0 Å². The van der Waals surface area contributed by atoms with Gasteiger partial charge in [-0.25, -0.2) is 13.2 Å². The summed E-state index contributed by atoms with van der Waals surface area (Å²) in [7, 11) is -2.73. The van der Waals surface area contributed by atoms with Crippen LogP contribution in [0.25, 0.3) is 10.8 Å². The lowest BCUT2D eigenvalue weighted by Crippen LogP contribution is -2.16. The Morgan fingerprint density at radius 3 is 2.47 bits per heavy atom. The largest absolute Gasteiger partial charge is 0.489 e. The Kier molecular flexibility index (Phi) is 7.12. The summed E-state index contributed by atoms with van der Waals surface area (Å²) < 4.78 is 39.0. The van der Waals surface area contributed by atoms with E-state index in [9.17, 15) is 13.2 Å². The van der Waals surface area contributed by atoms with Gasteiger partial charge in [0.1, 0.15) is 12.4 Å². The number of carbonyl (C=O) groups excluding carboxylic acids is 1. The van der Waals surface area contributed by atoms with Gasteiger partial charge in [-0.3, -0.25) is 4.72 Å². The lowest BCUT2D eigenvalue weighted by molar-refractivity contribution is 0.0601. The molecule has 3 rings (SSSR count). The zero-order chi connectivity index (χ0) is 23.1. The molecule has 0 unspecified atom stereocenters. The van der Waals surface area contributed by atoms with E-state index in [1.165, 1.54) is 25.3 Å². The molecular formula is C25H23NO5S. The van der Waals surface area contributed by atoms with Crippen LogP contribution in [0.4, 0.5) is 5.69 Å². The van der Waals surface area contributed by atoms with Crippen molar-refractivity contribution in [2.24, 2.45) is 0 Å². The van der Waals surface area contributed by atoms with Crippen LogP contribution < -0.4 is 9.46 Å². The number of sulfonamides is 1. The van der Waals surface area contributed by atoms with E-state index in [1.54, 1.807) is 36.4 Å². The molecule has 0 amide bonds. The zero-order valence-electron chi connectivity index (χ0n) is 17.6. The first kappa shape index (κ1) is 22.8. The molecule has 0 aliphatic heterocycles. The highest BCUT2D eigenvalue weighted by Gasteiger charge is 2.20. The summed E-state index contributed by atoms with van der Waals surface area (Å²) in [6.45, 7) is 7.55. The van der Waals surface area contributed by atoms with Crippen LogP contribution in [0.5, 0.6) is 5.75 Å². The smallest absolute Gasteiger partial charge is 0.340 e. The van der Waals surface area contributed by atoms with Gasteiger partial charge >= 0.3 is 5.97 Å². The van der Waals surface area contributed by atoms with Crippen molar-refractivity contribution < 1.29 is 22.7 Å². The molecule has 0 saturated carbocycles. The highest BCUT2D eigenvalue weighted by Crippen LogP contribution is 2.27. The van der Waals surface area contributed by atoms with Gasteiger partial charge in [-0.2, -0.15) is 0 Å². The Bertz CT molecular complexity index is 1310. The molecule has 7 heteroatoms. The fourth-order valence-corrected chi connectivity index (χ4v) is 4.13. The number of rotatable bonds is 9. The van der Waals surface area contributed by atoms with Crippen molar-refractivity contribution in [3.63, 3.8) is 0 Å². The third-order valence-corrected chi connectivity index (χ3v) is 6.03. The van der Waals surface area contributed by atoms with E-state index in [1.807, 2.05) is 24.3 Å². The number of hydrogen-bond donors (Lipinski definition) is 1. The van der Waals surface area contributed by atoms with Gasteiger partial charge < -0.3 is 9.47 Å². The van der Waals surface area contributed by atoms with Gasteiger partial charge in [-0.05, 0) is 46.7 Å². The third kappa shape index (κ3) is 5.25. The molecule has 32 heavy (non-hydrogen) atoms. The Labute approximate surface area is 187 Å². The van der Waals surface area contributed by atoms with Crippen molar-refractivity contribution in [3.05, 3.63) is 103 Å². The molecule has 0 aliphatic rings. The highest BCUT2D eigenvalue weighted by atomic mass is 32.2. The van der Waals surface area contributed by atoms with Gasteiger partial charge in [-0.15, -0.1) is 0 Å². The first-order chi connectivity index (χ1) is 15.4. The summed E-state index contributed by atoms with van der Waals surface area (Å²) in [4.78, 5) is 12.4. The second kappa shape index (κ2) is 9.98. The molecule has 0 bridgehead atoms. The number of esters is 1. The number of benzene rings is 3. The fourth-order valence-electron chi connectivity index (χ4n) is 3.01. The normalized spacial score (nSPS) is 11.6. The first-order valence-corrected chi connectivity index (χ1v) is 11.2. The predicted molar refractivity (Wildman–Crippen MR) is 127 cm³/mol. The van der Waals surface area contributed by atoms with Gasteiger partial charge in [0.2, 0.25) is 0 Å². The maximum atomic E-state index is 13.0. The average molecular weight is 450 g/mol. The topological polar surface area (TPSA) is 81.7 Å². The molecule has 0 radical (unpaired) electrons. The minimum absolute atomic E-state index is 0.0298. The van der Waals surface area contributed by atoms with E-state index in [-0.39, 0.29) is 22.8 Å². The molecule has 0 aromatic heterocycles. The Hall–Kier alpha value is -3.84. The maximum Gasteiger partial charge on any atom is 0.340 e.